The fourth-order valence-corrected chi connectivity index (χ4v) is 1.55. The average molecular weight is 162 g/mol. The van der Waals surface area contributed by atoms with Gasteiger partial charge in [0.15, 0.2) is 0 Å². The first-order valence-corrected chi connectivity index (χ1v) is 3.69. The molecule has 0 spiro atoms. The molecule has 0 saturated heterocycles. The van der Waals surface area contributed by atoms with Gasteiger partial charge >= 0.3 is 0 Å². The Morgan fingerprint density at radius 2 is 2.00 bits per heavy atom. The third-order valence-corrected chi connectivity index (χ3v) is 2.54. The van der Waals surface area contributed by atoms with Gasteiger partial charge in [0, 0.05) is 12.5 Å². The highest BCUT2D eigenvalue weighted by molar-refractivity contribution is 5.00. The summed E-state index contributed by atoms with van der Waals surface area (Å²) in [5, 5.41) is 36.6. The van der Waals surface area contributed by atoms with Crippen LogP contribution in [0, 0.1) is 5.92 Å². The Morgan fingerprint density at radius 3 is 2.18 bits per heavy atom. The summed E-state index contributed by atoms with van der Waals surface area (Å²) in [6.45, 7) is 1.22. The first kappa shape index (κ1) is 8.93. The second-order valence-corrected chi connectivity index (χ2v) is 3.35. The van der Waals surface area contributed by atoms with Crippen LogP contribution in [-0.4, -0.2) is 44.8 Å². The van der Waals surface area contributed by atoms with Crippen molar-refractivity contribution in [3.63, 3.8) is 0 Å². The lowest BCUT2D eigenvalue weighted by Crippen LogP contribution is -2.43. The molecule has 4 nitrogen and oxygen atoms in total. The molecule has 4 atom stereocenters. The van der Waals surface area contributed by atoms with Crippen molar-refractivity contribution < 1.29 is 20.4 Å². The fraction of sp³-hybridized carbons (Fsp3) is 1.00. The minimum atomic E-state index is -1.35. The summed E-state index contributed by atoms with van der Waals surface area (Å²) in [6, 6.07) is 0. The van der Waals surface area contributed by atoms with Crippen molar-refractivity contribution in [2.24, 2.45) is 5.92 Å². The third-order valence-electron chi connectivity index (χ3n) is 2.54. The zero-order chi connectivity index (χ0) is 8.65. The number of hydrogen-bond donors (Lipinski definition) is 4. The molecule has 66 valence electrons. The zero-order valence-corrected chi connectivity index (χ0v) is 6.44. The average Bonchev–Trinajstić information content (AvgIpc) is 2.13. The van der Waals surface area contributed by atoms with Crippen molar-refractivity contribution in [1.82, 2.24) is 0 Å². The van der Waals surface area contributed by atoms with Crippen LogP contribution in [-0.2, 0) is 0 Å². The lowest BCUT2D eigenvalue weighted by molar-refractivity contribution is -0.0977. The highest BCUT2D eigenvalue weighted by Gasteiger charge is 2.49. The van der Waals surface area contributed by atoms with Crippen molar-refractivity contribution in [2.75, 3.05) is 6.61 Å². The van der Waals surface area contributed by atoms with Gasteiger partial charge in [-0.1, -0.05) is 0 Å². The van der Waals surface area contributed by atoms with Gasteiger partial charge in [-0.15, -0.1) is 0 Å². The van der Waals surface area contributed by atoms with Crippen LogP contribution in [0.15, 0.2) is 0 Å². The van der Waals surface area contributed by atoms with E-state index in [1.165, 1.54) is 6.92 Å². The van der Waals surface area contributed by atoms with Crippen molar-refractivity contribution in [1.29, 1.82) is 0 Å². The van der Waals surface area contributed by atoms with Gasteiger partial charge < -0.3 is 20.4 Å². The van der Waals surface area contributed by atoms with E-state index in [1.54, 1.807) is 0 Å². The summed E-state index contributed by atoms with van der Waals surface area (Å²) in [6.07, 6.45) is -1.80. The maximum atomic E-state index is 9.52. The Kier molecular flexibility index (Phi) is 2.20. The second-order valence-electron chi connectivity index (χ2n) is 3.35. The number of hydrogen-bond acceptors (Lipinski definition) is 4. The van der Waals surface area contributed by atoms with Gasteiger partial charge in [0.05, 0.1) is 11.7 Å². The van der Waals surface area contributed by atoms with Crippen LogP contribution in [0.2, 0.25) is 0 Å². The van der Waals surface area contributed by atoms with Crippen LogP contribution in [0.5, 0.6) is 0 Å². The molecule has 1 saturated carbocycles. The van der Waals surface area contributed by atoms with Crippen molar-refractivity contribution >= 4 is 0 Å². The first-order chi connectivity index (χ1) is 5.00. The minimum absolute atomic E-state index is 0.207. The van der Waals surface area contributed by atoms with Crippen LogP contribution in [0.1, 0.15) is 13.3 Å². The number of rotatable bonds is 1. The molecule has 0 radical (unpaired) electrons. The molecule has 0 heterocycles. The molecule has 4 N–H and O–H groups in total. The van der Waals surface area contributed by atoms with E-state index in [0.717, 1.165) is 0 Å². The summed E-state index contributed by atoms with van der Waals surface area (Å²) >= 11 is 0. The van der Waals surface area contributed by atoms with E-state index in [9.17, 15) is 10.2 Å². The molecule has 0 aromatic carbocycles. The predicted molar refractivity (Wildman–Crippen MR) is 37.8 cm³/mol. The smallest absolute Gasteiger partial charge is 0.109 e. The van der Waals surface area contributed by atoms with E-state index in [0.29, 0.717) is 0 Å². The second kappa shape index (κ2) is 2.71. The van der Waals surface area contributed by atoms with Gasteiger partial charge in [-0.2, -0.15) is 0 Å². The standard InChI is InChI=1S/C7H14O4/c1-7(11)4(3-8)2-5(9)6(7)10/h4-6,8-11H,2-3H2,1H3. The van der Waals surface area contributed by atoms with Gasteiger partial charge in [0.2, 0.25) is 0 Å². The summed E-state index contributed by atoms with van der Waals surface area (Å²) in [7, 11) is 0. The first-order valence-electron chi connectivity index (χ1n) is 3.69. The van der Waals surface area contributed by atoms with E-state index < -0.39 is 23.7 Å². The van der Waals surface area contributed by atoms with Crippen LogP contribution in [0.25, 0.3) is 0 Å². The molecule has 11 heavy (non-hydrogen) atoms. The van der Waals surface area contributed by atoms with Crippen LogP contribution >= 0.6 is 0 Å². The Balaban J connectivity index is 2.74. The lowest BCUT2D eigenvalue weighted by Gasteiger charge is -2.27. The van der Waals surface area contributed by atoms with Gasteiger partial charge in [-0.3, -0.25) is 0 Å². The zero-order valence-electron chi connectivity index (χ0n) is 6.44. The maximum absolute atomic E-state index is 9.52. The van der Waals surface area contributed by atoms with Crippen molar-refractivity contribution in [3.05, 3.63) is 0 Å². The monoisotopic (exact) mass is 162 g/mol. The molecule has 1 aliphatic rings. The van der Waals surface area contributed by atoms with Crippen LogP contribution in [0.3, 0.4) is 0 Å². The molecular formula is C7H14O4. The number of aliphatic hydroxyl groups is 4. The summed E-state index contributed by atoms with van der Waals surface area (Å²) in [4.78, 5) is 0. The topological polar surface area (TPSA) is 80.9 Å². The third kappa shape index (κ3) is 1.27. The quantitative estimate of drug-likeness (QED) is 0.377. The van der Waals surface area contributed by atoms with E-state index in [2.05, 4.69) is 0 Å². The Bertz CT molecular complexity index is 145. The molecule has 1 aliphatic carbocycles. The summed E-state index contributed by atoms with van der Waals surface area (Å²) in [5.41, 5.74) is -1.35. The fourth-order valence-electron chi connectivity index (χ4n) is 1.55. The highest BCUT2D eigenvalue weighted by Crippen LogP contribution is 2.35. The molecule has 1 fully saturated rings. The predicted octanol–water partition coefficient (Wildman–Crippen LogP) is -1.53. The van der Waals surface area contributed by atoms with Crippen LogP contribution in [0.4, 0.5) is 0 Å². The van der Waals surface area contributed by atoms with Crippen molar-refractivity contribution in [2.45, 2.75) is 31.2 Å². The van der Waals surface area contributed by atoms with Crippen LogP contribution < -0.4 is 0 Å². The number of aliphatic hydroxyl groups excluding tert-OH is 3. The minimum Gasteiger partial charge on any atom is -0.396 e. The molecular weight excluding hydrogens is 148 g/mol. The van der Waals surface area contributed by atoms with Gasteiger partial charge in [0.1, 0.15) is 6.10 Å². The van der Waals surface area contributed by atoms with Gasteiger partial charge in [-0.05, 0) is 13.3 Å². The molecule has 4 unspecified atom stereocenters. The van der Waals surface area contributed by atoms with E-state index in [-0.39, 0.29) is 13.0 Å². The van der Waals surface area contributed by atoms with Gasteiger partial charge in [0.25, 0.3) is 0 Å². The Morgan fingerprint density at radius 1 is 1.45 bits per heavy atom. The maximum Gasteiger partial charge on any atom is 0.109 e. The normalized spacial score (nSPS) is 51.5. The lowest BCUT2D eigenvalue weighted by atomic mass is 9.92. The van der Waals surface area contributed by atoms with E-state index in [4.69, 9.17) is 10.2 Å². The molecule has 4 heteroatoms. The summed E-state index contributed by atoms with van der Waals surface area (Å²) in [5.74, 6) is -0.424. The van der Waals surface area contributed by atoms with Gasteiger partial charge in [-0.25, -0.2) is 0 Å². The van der Waals surface area contributed by atoms with E-state index >= 15 is 0 Å². The molecule has 0 bridgehead atoms. The molecule has 1 rings (SSSR count). The molecule has 0 aromatic rings. The largest absolute Gasteiger partial charge is 0.396 e. The highest BCUT2D eigenvalue weighted by atomic mass is 16.4. The van der Waals surface area contributed by atoms with E-state index in [1.807, 2.05) is 0 Å². The molecule has 0 amide bonds. The Labute approximate surface area is 65.1 Å². The van der Waals surface area contributed by atoms with Crippen molar-refractivity contribution in [3.8, 4) is 0 Å². The Hall–Kier alpha value is -0.160. The molecule has 0 aromatic heterocycles. The SMILES string of the molecule is CC1(O)C(CO)CC(O)C1O. The molecule has 0 aliphatic heterocycles. The summed E-state index contributed by atoms with van der Waals surface area (Å²) < 4.78 is 0.